The fourth-order valence-electron chi connectivity index (χ4n) is 0.862. The second-order valence-corrected chi connectivity index (χ2v) is 5.39. The zero-order valence-electron chi connectivity index (χ0n) is 6.59. The summed E-state index contributed by atoms with van der Waals surface area (Å²) in [6.07, 6.45) is 0. The molecule has 0 fully saturated rings. The van der Waals surface area contributed by atoms with Crippen molar-refractivity contribution < 1.29 is 28.2 Å². The highest BCUT2D eigenvalue weighted by molar-refractivity contribution is 8.45. The lowest BCUT2D eigenvalue weighted by molar-refractivity contribution is 0.345. The molecule has 0 heterocycles. The smallest absolute Gasteiger partial charge is 0.205 e. The summed E-state index contributed by atoms with van der Waals surface area (Å²) in [5, 5.41) is -1.22. The SMILES string of the molecule is Fc1ccc(Cl)c(F)c1S(F)(F)(F)(F)F. The first-order valence-electron chi connectivity index (χ1n) is 3.20. The molecule has 0 aromatic heterocycles. The third-order valence-electron chi connectivity index (χ3n) is 1.39. The molecule has 0 spiro atoms. The van der Waals surface area contributed by atoms with Gasteiger partial charge in [0.1, 0.15) is 5.82 Å². The van der Waals surface area contributed by atoms with Gasteiger partial charge in [0.05, 0.1) is 5.02 Å². The Balaban J connectivity index is 3.75. The van der Waals surface area contributed by atoms with Gasteiger partial charge in [-0.25, -0.2) is 8.78 Å². The summed E-state index contributed by atoms with van der Waals surface area (Å²) in [5.74, 6) is -4.90. The summed E-state index contributed by atoms with van der Waals surface area (Å²) in [7, 11) is -10.4. The maximum Gasteiger partial charge on any atom is 0.315 e. The molecule has 9 heteroatoms. The fourth-order valence-corrected chi connectivity index (χ4v) is 1.96. The van der Waals surface area contributed by atoms with Gasteiger partial charge in [0.15, 0.2) is 10.7 Å². The zero-order valence-corrected chi connectivity index (χ0v) is 8.16. The average Bonchev–Trinajstić information content (AvgIpc) is 1.91. The van der Waals surface area contributed by atoms with Crippen molar-refractivity contribution in [2.24, 2.45) is 0 Å². The minimum Gasteiger partial charge on any atom is -0.205 e. The largest absolute Gasteiger partial charge is 0.315 e. The maximum atomic E-state index is 12.7. The monoisotopic (exact) mass is 274 g/mol. The predicted molar refractivity (Wildman–Crippen MR) is 42.8 cm³/mol. The van der Waals surface area contributed by atoms with Gasteiger partial charge in [0.25, 0.3) is 0 Å². The van der Waals surface area contributed by atoms with E-state index in [0.29, 0.717) is 6.07 Å². The molecule has 0 amide bonds. The molecule has 0 saturated heterocycles. The predicted octanol–water partition coefficient (Wildman–Crippen LogP) is 5.28. The number of halogens is 8. The highest BCUT2D eigenvalue weighted by Gasteiger charge is 2.69. The molecule has 15 heavy (non-hydrogen) atoms. The van der Waals surface area contributed by atoms with Crippen molar-refractivity contribution in [2.75, 3.05) is 0 Å². The highest BCUT2D eigenvalue weighted by Crippen LogP contribution is 3.02. The van der Waals surface area contributed by atoms with E-state index in [1.54, 1.807) is 0 Å². The number of hydrogen-bond acceptors (Lipinski definition) is 0. The molecular formula is C6H2ClF7S. The molecule has 0 aliphatic rings. The Morgan fingerprint density at radius 2 is 1.40 bits per heavy atom. The Kier molecular flexibility index (Phi) is 2.11. The second kappa shape index (κ2) is 2.54. The van der Waals surface area contributed by atoms with Crippen LogP contribution in [0.1, 0.15) is 0 Å². The molecule has 0 saturated carbocycles. The van der Waals surface area contributed by atoms with Crippen molar-refractivity contribution in [3.63, 3.8) is 0 Å². The topological polar surface area (TPSA) is 0 Å². The normalized spacial score (nSPS) is 17.1. The quantitative estimate of drug-likeness (QED) is 0.483. The Hall–Kier alpha value is -0.630. The first kappa shape index (κ1) is 12.4. The van der Waals surface area contributed by atoms with E-state index in [1.165, 1.54) is 0 Å². The van der Waals surface area contributed by atoms with E-state index in [1.807, 2.05) is 0 Å². The van der Waals surface area contributed by atoms with Gasteiger partial charge in [-0.1, -0.05) is 31.0 Å². The second-order valence-electron chi connectivity index (χ2n) is 2.64. The minimum absolute atomic E-state index is 0.0264. The lowest BCUT2D eigenvalue weighted by Gasteiger charge is -2.40. The molecular weight excluding hydrogens is 273 g/mol. The maximum absolute atomic E-state index is 12.7. The lowest BCUT2D eigenvalue weighted by Crippen LogP contribution is -2.11. The number of rotatable bonds is 1. The Morgan fingerprint density at radius 3 is 1.73 bits per heavy atom. The summed E-state index contributed by atoms with van der Waals surface area (Å²) in [6, 6.07) is 0.442. The summed E-state index contributed by atoms with van der Waals surface area (Å²) < 4.78 is 85.8. The van der Waals surface area contributed by atoms with Crippen molar-refractivity contribution in [1.82, 2.24) is 0 Å². The Bertz CT molecular complexity index is 422. The van der Waals surface area contributed by atoms with Gasteiger partial charge in [-0.2, -0.15) is 0 Å². The Labute approximate surface area is 84.4 Å². The molecule has 0 aliphatic heterocycles. The average molecular weight is 275 g/mol. The van der Waals surface area contributed by atoms with Crippen LogP contribution >= 0.6 is 21.8 Å². The van der Waals surface area contributed by atoms with Crippen LogP contribution in [0.5, 0.6) is 0 Å². The number of benzene rings is 1. The molecule has 0 atom stereocenters. The lowest BCUT2D eigenvalue weighted by atomic mass is 10.3. The molecule has 1 aromatic rings. The van der Waals surface area contributed by atoms with E-state index in [0.717, 1.165) is 0 Å². The molecule has 1 rings (SSSR count). The molecule has 1 aromatic carbocycles. The number of hydrogen-bond donors (Lipinski definition) is 0. The summed E-state index contributed by atoms with van der Waals surface area (Å²) >= 11 is 4.86. The molecule has 88 valence electrons. The van der Waals surface area contributed by atoms with Crippen LogP contribution in [0.3, 0.4) is 0 Å². The van der Waals surface area contributed by atoms with Crippen molar-refractivity contribution in [1.29, 1.82) is 0 Å². The molecule has 0 radical (unpaired) electrons. The van der Waals surface area contributed by atoms with Crippen molar-refractivity contribution in [3.05, 3.63) is 28.8 Å². The van der Waals surface area contributed by atoms with E-state index in [9.17, 15) is 28.2 Å². The van der Waals surface area contributed by atoms with E-state index >= 15 is 0 Å². The van der Waals surface area contributed by atoms with Crippen LogP contribution < -0.4 is 0 Å². The third kappa shape index (κ3) is 2.49. The first-order chi connectivity index (χ1) is 6.33. The minimum atomic E-state index is -10.4. The molecule has 0 aliphatic carbocycles. The van der Waals surface area contributed by atoms with Crippen molar-refractivity contribution >= 4 is 21.8 Å². The van der Waals surface area contributed by atoms with Gasteiger partial charge in [0.2, 0.25) is 0 Å². The van der Waals surface area contributed by atoms with E-state index in [-0.39, 0.29) is 6.07 Å². The Morgan fingerprint density at radius 1 is 0.933 bits per heavy atom. The molecule has 0 bridgehead atoms. The van der Waals surface area contributed by atoms with Gasteiger partial charge in [-0.15, -0.1) is 0 Å². The summed E-state index contributed by atoms with van der Waals surface area (Å²) in [5.41, 5.74) is 0. The third-order valence-corrected chi connectivity index (χ3v) is 2.83. The van der Waals surface area contributed by atoms with Crippen molar-refractivity contribution in [3.8, 4) is 0 Å². The van der Waals surface area contributed by atoms with Crippen LogP contribution in [0.4, 0.5) is 28.2 Å². The molecule has 0 nitrogen and oxygen atoms in total. The fraction of sp³-hybridized carbons (Fsp3) is 0. The van der Waals surface area contributed by atoms with E-state index < -0.39 is 31.8 Å². The summed E-state index contributed by atoms with van der Waals surface area (Å²) in [4.78, 5) is -3.21. The van der Waals surface area contributed by atoms with Gasteiger partial charge in [-0.3, -0.25) is 0 Å². The van der Waals surface area contributed by atoms with Gasteiger partial charge in [-0.05, 0) is 12.1 Å². The van der Waals surface area contributed by atoms with Crippen molar-refractivity contribution in [2.45, 2.75) is 4.90 Å². The van der Waals surface area contributed by atoms with Gasteiger partial charge < -0.3 is 0 Å². The van der Waals surface area contributed by atoms with Crippen LogP contribution in [0.25, 0.3) is 0 Å². The van der Waals surface area contributed by atoms with Crippen LogP contribution in [0.15, 0.2) is 17.0 Å². The molecule has 0 unspecified atom stereocenters. The van der Waals surface area contributed by atoms with E-state index in [4.69, 9.17) is 11.6 Å². The first-order valence-corrected chi connectivity index (χ1v) is 5.53. The van der Waals surface area contributed by atoms with Gasteiger partial charge in [0, 0.05) is 0 Å². The van der Waals surface area contributed by atoms with Crippen LogP contribution in [0.2, 0.25) is 5.02 Å². The van der Waals surface area contributed by atoms with Crippen LogP contribution in [-0.2, 0) is 0 Å². The zero-order chi connectivity index (χ0) is 12.1. The van der Waals surface area contributed by atoms with Crippen LogP contribution in [-0.4, -0.2) is 0 Å². The van der Waals surface area contributed by atoms with Crippen LogP contribution in [0, 0.1) is 11.6 Å². The van der Waals surface area contributed by atoms with E-state index in [2.05, 4.69) is 0 Å². The van der Waals surface area contributed by atoms with Gasteiger partial charge >= 0.3 is 10.2 Å². The highest BCUT2D eigenvalue weighted by atomic mass is 35.5. The standard InChI is InChI=1S/C6H2ClF7S/c7-3-1-2-4(8)6(5(3)9)15(10,11,12,13)14/h1-2H. The molecule has 0 N–H and O–H groups in total. The summed E-state index contributed by atoms with van der Waals surface area (Å²) in [6.45, 7) is 0.